The van der Waals surface area contributed by atoms with Gasteiger partial charge in [0.1, 0.15) is 12.4 Å². The summed E-state index contributed by atoms with van der Waals surface area (Å²) in [5, 5.41) is 2.73. The van der Waals surface area contributed by atoms with Crippen molar-refractivity contribution in [2.45, 2.75) is 19.4 Å². The van der Waals surface area contributed by atoms with Crippen LogP contribution in [0.2, 0.25) is 0 Å². The average molecular weight is 337 g/mol. The molecule has 1 unspecified atom stereocenters. The molecule has 0 bridgehead atoms. The van der Waals surface area contributed by atoms with Gasteiger partial charge in [-0.15, -0.1) is 0 Å². The first-order chi connectivity index (χ1) is 12.1. The van der Waals surface area contributed by atoms with Crippen molar-refractivity contribution in [3.05, 3.63) is 71.8 Å². The first-order valence-electron chi connectivity index (χ1n) is 8.08. The quantitative estimate of drug-likeness (QED) is 0.516. The second-order valence-electron chi connectivity index (χ2n) is 5.90. The van der Waals surface area contributed by atoms with Crippen molar-refractivity contribution in [2.24, 2.45) is 0 Å². The molecule has 2 aromatic carbocycles. The van der Waals surface area contributed by atoms with Crippen LogP contribution in [0, 0.1) is 0 Å². The fraction of sp³-hybridized carbons (Fsp3) is 0.200. The zero-order chi connectivity index (χ0) is 17.6. The summed E-state index contributed by atoms with van der Waals surface area (Å²) >= 11 is 0. The molecule has 5 nitrogen and oxygen atoms in total. The number of allylic oxidation sites excluding steroid dienone is 1. The van der Waals surface area contributed by atoms with E-state index >= 15 is 0 Å². The van der Waals surface area contributed by atoms with Gasteiger partial charge < -0.3 is 14.8 Å². The van der Waals surface area contributed by atoms with Crippen LogP contribution in [0.4, 0.5) is 4.79 Å². The summed E-state index contributed by atoms with van der Waals surface area (Å²) in [5.74, 6) is 0.0723. The van der Waals surface area contributed by atoms with Gasteiger partial charge in [0.05, 0.1) is 6.04 Å². The zero-order valence-electron chi connectivity index (χ0n) is 13.9. The van der Waals surface area contributed by atoms with E-state index in [1.54, 1.807) is 12.1 Å². The maximum absolute atomic E-state index is 12.0. The lowest BCUT2D eigenvalue weighted by molar-refractivity contribution is -0.128. The van der Waals surface area contributed by atoms with Gasteiger partial charge in [0.15, 0.2) is 0 Å². The van der Waals surface area contributed by atoms with Crippen LogP contribution in [0.25, 0.3) is 5.57 Å². The number of alkyl carbamates (subject to hydrolysis) is 1. The van der Waals surface area contributed by atoms with Crippen molar-refractivity contribution in [1.29, 1.82) is 0 Å². The molecule has 1 N–H and O–H groups in total. The van der Waals surface area contributed by atoms with Crippen molar-refractivity contribution in [2.75, 3.05) is 6.61 Å². The van der Waals surface area contributed by atoms with Gasteiger partial charge in [-0.05, 0) is 42.2 Å². The molecule has 1 aliphatic heterocycles. The van der Waals surface area contributed by atoms with E-state index in [0.717, 1.165) is 16.7 Å². The molecule has 0 spiro atoms. The van der Waals surface area contributed by atoms with Gasteiger partial charge in [-0.25, -0.2) is 9.59 Å². The summed E-state index contributed by atoms with van der Waals surface area (Å²) in [5.41, 5.74) is 2.86. The SMILES string of the molecule is CC(=CC(=O)Oc1ccc(CC2COC(=O)N2)cc1)c1ccccc1. The van der Waals surface area contributed by atoms with E-state index in [9.17, 15) is 9.59 Å². The largest absolute Gasteiger partial charge is 0.447 e. The Kier molecular flexibility index (Phi) is 5.14. The Labute approximate surface area is 146 Å². The molecule has 128 valence electrons. The average Bonchev–Trinajstić information content (AvgIpc) is 3.02. The molecule has 2 aromatic rings. The van der Waals surface area contributed by atoms with E-state index in [1.807, 2.05) is 49.4 Å². The second kappa shape index (κ2) is 7.66. The van der Waals surface area contributed by atoms with Crippen molar-refractivity contribution in [3.63, 3.8) is 0 Å². The molecule has 0 saturated carbocycles. The Balaban J connectivity index is 1.57. The van der Waals surface area contributed by atoms with E-state index in [4.69, 9.17) is 9.47 Å². The topological polar surface area (TPSA) is 64.6 Å². The molecule has 1 aliphatic rings. The molecule has 0 aromatic heterocycles. The third kappa shape index (κ3) is 4.70. The zero-order valence-corrected chi connectivity index (χ0v) is 13.9. The number of benzene rings is 2. The maximum Gasteiger partial charge on any atom is 0.407 e. The number of amides is 1. The number of rotatable bonds is 5. The summed E-state index contributed by atoms with van der Waals surface area (Å²) in [6.07, 6.45) is 1.78. The van der Waals surface area contributed by atoms with Gasteiger partial charge in [0, 0.05) is 6.08 Å². The van der Waals surface area contributed by atoms with Gasteiger partial charge in [0.2, 0.25) is 0 Å². The van der Waals surface area contributed by atoms with Crippen LogP contribution in [0.3, 0.4) is 0 Å². The van der Waals surface area contributed by atoms with Gasteiger partial charge >= 0.3 is 12.1 Å². The van der Waals surface area contributed by atoms with Crippen molar-refractivity contribution in [1.82, 2.24) is 5.32 Å². The summed E-state index contributed by atoms with van der Waals surface area (Å²) in [7, 11) is 0. The Morgan fingerprint density at radius 3 is 2.56 bits per heavy atom. The number of nitrogens with one attached hydrogen (secondary N) is 1. The molecule has 0 radical (unpaired) electrons. The predicted octanol–water partition coefficient (Wildman–Crippen LogP) is 3.35. The molecule has 1 fully saturated rings. The van der Waals surface area contributed by atoms with Crippen molar-refractivity contribution >= 4 is 17.6 Å². The molecule has 25 heavy (non-hydrogen) atoms. The molecule has 1 amide bonds. The lowest BCUT2D eigenvalue weighted by Crippen LogP contribution is -2.28. The van der Waals surface area contributed by atoms with E-state index in [0.29, 0.717) is 18.8 Å². The van der Waals surface area contributed by atoms with Crippen molar-refractivity contribution in [3.8, 4) is 5.75 Å². The minimum Gasteiger partial charge on any atom is -0.447 e. The molecule has 1 atom stereocenters. The molecule has 3 rings (SSSR count). The fourth-order valence-electron chi connectivity index (χ4n) is 2.62. The third-order valence-electron chi connectivity index (χ3n) is 3.92. The van der Waals surface area contributed by atoms with Gasteiger partial charge in [0.25, 0.3) is 0 Å². The molecule has 1 heterocycles. The third-order valence-corrected chi connectivity index (χ3v) is 3.92. The second-order valence-corrected chi connectivity index (χ2v) is 5.90. The highest BCUT2D eigenvalue weighted by atomic mass is 16.6. The summed E-state index contributed by atoms with van der Waals surface area (Å²) in [6, 6.07) is 16.9. The Morgan fingerprint density at radius 2 is 1.92 bits per heavy atom. The normalized spacial score (nSPS) is 16.9. The highest BCUT2D eigenvalue weighted by Gasteiger charge is 2.22. The monoisotopic (exact) mass is 337 g/mol. The first-order valence-corrected chi connectivity index (χ1v) is 8.08. The van der Waals surface area contributed by atoms with Crippen LogP contribution in [0.5, 0.6) is 5.75 Å². The predicted molar refractivity (Wildman–Crippen MR) is 94.1 cm³/mol. The highest BCUT2D eigenvalue weighted by Crippen LogP contribution is 2.17. The number of cyclic esters (lactones) is 1. The summed E-state index contributed by atoms with van der Waals surface area (Å²) in [6.45, 7) is 2.25. The lowest BCUT2D eigenvalue weighted by Gasteiger charge is -2.08. The Morgan fingerprint density at radius 1 is 1.20 bits per heavy atom. The molecular weight excluding hydrogens is 318 g/mol. The number of hydrogen-bond acceptors (Lipinski definition) is 4. The highest BCUT2D eigenvalue weighted by molar-refractivity contribution is 5.92. The first kappa shape index (κ1) is 16.8. The number of ether oxygens (including phenoxy) is 2. The molecular formula is C20H19NO4. The summed E-state index contributed by atoms with van der Waals surface area (Å²) < 4.78 is 10.2. The maximum atomic E-state index is 12.0. The van der Waals surface area contributed by atoms with E-state index in [2.05, 4.69) is 5.32 Å². The minimum absolute atomic E-state index is 0.0163. The van der Waals surface area contributed by atoms with E-state index in [1.165, 1.54) is 6.08 Å². The lowest BCUT2D eigenvalue weighted by atomic mass is 10.1. The Hall–Kier alpha value is -3.08. The molecule has 1 saturated heterocycles. The van der Waals surface area contributed by atoms with Crippen LogP contribution >= 0.6 is 0 Å². The van der Waals surface area contributed by atoms with Crippen LogP contribution in [-0.2, 0) is 16.0 Å². The number of esters is 1. The Bertz CT molecular complexity index is 781. The van der Waals surface area contributed by atoms with Crippen LogP contribution in [0.15, 0.2) is 60.7 Å². The minimum atomic E-state index is -0.412. The number of carbonyl (C=O) groups is 2. The van der Waals surface area contributed by atoms with Crippen LogP contribution in [-0.4, -0.2) is 24.7 Å². The van der Waals surface area contributed by atoms with Gasteiger partial charge in [-0.1, -0.05) is 42.5 Å². The molecule has 5 heteroatoms. The number of hydrogen-bond donors (Lipinski definition) is 1. The van der Waals surface area contributed by atoms with E-state index in [-0.39, 0.29) is 12.1 Å². The van der Waals surface area contributed by atoms with Crippen LogP contribution < -0.4 is 10.1 Å². The van der Waals surface area contributed by atoms with Gasteiger partial charge in [-0.2, -0.15) is 0 Å². The smallest absolute Gasteiger partial charge is 0.407 e. The standard InChI is InChI=1S/C20H19NO4/c1-14(16-5-3-2-4-6-16)11-19(22)25-18-9-7-15(8-10-18)12-17-13-24-20(23)21-17/h2-11,17H,12-13H2,1H3,(H,21,23). The molecule has 0 aliphatic carbocycles. The number of carbonyl (C=O) groups excluding carboxylic acids is 2. The van der Waals surface area contributed by atoms with Gasteiger partial charge in [-0.3, -0.25) is 0 Å². The van der Waals surface area contributed by atoms with Crippen molar-refractivity contribution < 1.29 is 19.1 Å². The van der Waals surface area contributed by atoms with Crippen LogP contribution in [0.1, 0.15) is 18.1 Å². The van der Waals surface area contributed by atoms with E-state index < -0.39 is 5.97 Å². The summed E-state index contributed by atoms with van der Waals surface area (Å²) in [4.78, 5) is 23.0. The fourth-order valence-corrected chi connectivity index (χ4v) is 2.62.